The van der Waals surface area contributed by atoms with Crippen LogP contribution in [0.1, 0.15) is 20.4 Å². The van der Waals surface area contributed by atoms with Crippen molar-refractivity contribution in [2.45, 2.75) is 31.4 Å². The van der Waals surface area contributed by atoms with Crippen LogP contribution in [0, 0.1) is 0 Å². The van der Waals surface area contributed by atoms with Crippen LogP contribution in [-0.4, -0.2) is 19.4 Å². The summed E-state index contributed by atoms with van der Waals surface area (Å²) in [7, 11) is 0. The summed E-state index contributed by atoms with van der Waals surface area (Å²) in [6.45, 7) is 0.738. The van der Waals surface area contributed by atoms with Crippen molar-refractivity contribution in [3.63, 3.8) is 0 Å². The molecule has 1 unspecified atom stereocenters. The van der Waals surface area contributed by atoms with Crippen LogP contribution in [0.25, 0.3) is 10.9 Å². The Morgan fingerprint density at radius 3 is 2.50 bits per heavy atom. The van der Waals surface area contributed by atoms with E-state index < -0.39 is 17.6 Å². The van der Waals surface area contributed by atoms with Gasteiger partial charge in [0.05, 0.1) is 21.9 Å². The van der Waals surface area contributed by atoms with Crippen LogP contribution in [0.15, 0.2) is 29.3 Å². The molecule has 0 bridgehead atoms. The molecule has 1 atom stereocenters. The average molecular weight is 311 g/mol. The summed E-state index contributed by atoms with van der Waals surface area (Å²) in [6, 6.07) is 4.55. The molecule has 0 amide bonds. The van der Waals surface area contributed by atoms with Gasteiger partial charge in [0.2, 0.25) is 0 Å². The number of aromatic nitrogens is 1. The van der Waals surface area contributed by atoms with Crippen molar-refractivity contribution in [3.05, 3.63) is 24.4 Å². The Bertz CT molecular complexity index is 630. The van der Waals surface area contributed by atoms with Crippen molar-refractivity contribution in [1.29, 1.82) is 0 Å². The first-order chi connectivity index (χ1) is 8.91. The third kappa shape index (κ3) is 3.40. The predicted octanol–water partition coefficient (Wildman–Crippen LogP) is 0.0656. The normalized spacial score (nSPS) is 12.8. The van der Waals surface area contributed by atoms with E-state index in [4.69, 9.17) is 4.74 Å². The van der Waals surface area contributed by atoms with Crippen molar-refractivity contribution in [2.24, 2.45) is 0 Å². The van der Waals surface area contributed by atoms with E-state index in [-0.39, 0.29) is 57.2 Å². The number of nitrogens with zero attached hydrogens (tertiary/aromatic N) is 1. The number of alkyl halides is 2. The number of benzene rings is 1. The van der Waals surface area contributed by atoms with Crippen molar-refractivity contribution >= 4 is 22.0 Å². The van der Waals surface area contributed by atoms with E-state index in [9.17, 15) is 17.5 Å². The number of rotatable bonds is 4. The summed E-state index contributed by atoms with van der Waals surface area (Å²) in [4.78, 5) is -0.188. The molecule has 0 aliphatic carbocycles. The molecule has 0 aliphatic rings. The van der Waals surface area contributed by atoms with E-state index in [0.717, 1.165) is 6.20 Å². The van der Waals surface area contributed by atoms with Gasteiger partial charge < -0.3 is 9.29 Å². The number of hydrogen-bond acceptors (Lipinski definition) is 3. The maximum absolute atomic E-state index is 12.9. The molecule has 1 aromatic carbocycles. The van der Waals surface area contributed by atoms with Gasteiger partial charge in [-0.25, -0.2) is 0 Å². The molecule has 0 fully saturated rings. The summed E-state index contributed by atoms with van der Waals surface area (Å²) in [5, 5.41) is 0.185. The van der Waals surface area contributed by atoms with E-state index in [2.05, 4.69) is 0 Å². The molecule has 0 spiro atoms. The van der Waals surface area contributed by atoms with E-state index in [1.165, 1.54) is 6.07 Å². The molecule has 2 aromatic rings. The van der Waals surface area contributed by atoms with Crippen LogP contribution in [0.5, 0.6) is 5.75 Å². The van der Waals surface area contributed by atoms with Gasteiger partial charge in [0.1, 0.15) is 5.75 Å². The van der Waals surface area contributed by atoms with E-state index in [1.54, 1.807) is 26.0 Å². The molecular formula is C12H12F2NNaO3S. The second-order valence-electron chi connectivity index (χ2n) is 4.23. The minimum absolute atomic E-state index is 0. The molecule has 1 heterocycles. The summed E-state index contributed by atoms with van der Waals surface area (Å²) < 4.78 is 54.2. The zero-order valence-electron chi connectivity index (χ0n) is 11.3. The maximum Gasteiger partial charge on any atom is 1.00 e. The van der Waals surface area contributed by atoms with Crippen LogP contribution in [0.2, 0.25) is 0 Å². The van der Waals surface area contributed by atoms with Crippen molar-refractivity contribution in [2.75, 3.05) is 0 Å². The first-order valence-electron chi connectivity index (χ1n) is 5.59. The van der Waals surface area contributed by atoms with Gasteiger partial charge in [-0.15, -0.1) is 0 Å². The smallest absolute Gasteiger partial charge is 0.768 e. The Labute approximate surface area is 139 Å². The Balaban J connectivity index is 0.00000200. The molecule has 0 aliphatic heterocycles. The van der Waals surface area contributed by atoms with Gasteiger partial charge in [0.25, 0.3) is 0 Å². The summed E-state index contributed by atoms with van der Waals surface area (Å²) in [5.41, 5.74) is 0.132. The molecule has 0 N–H and O–H groups in total. The zero-order chi connectivity index (χ0) is 14.2. The Hall–Kier alpha value is -0.470. The molecule has 8 heteroatoms. The molecule has 4 nitrogen and oxygen atoms in total. The molecular weight excluding hydrogens is 299 g/mol. The van der Waals surface area contributed by atoms with Gasteiger partial charge in [0.15, 0.2) is 0 Å². The van der Waals surface area contributed by atoms with Gasteiger partial charge in [-0.1, -0.05) is 6.07 Å². The fourth-order valence-electron chi connectivity index (χ4n) is 1.88. The van der Waals surface area contributed by atoms with Crippen molar-refractivity contribution in [1.82, 2.24) is 4.57 Å². The quantitative estimate of drug-likeness (QED) is 0.593. The molecule has 2 rings (SSSR count). The summed E-state index contributed by atoms with van der Waals surface area (Å²) >= 11 is -2.61. The largest absolute Gasteiger partial charge is 1.00 e. The van der Waals surface area contributed by atoms with Gasteiger partial charge in [0, 0.05) is 6.20 Å². The summed E-state index contributed by atoms with van der Waals surface area (Å²) in [5.74, 6) is 0.283. The van der Waals surface area contributed by atoms with E-state index >= 15 is 0 Å². The topological polar surface area (TPSA) is 54.3 Å². The van der Waals surface area contributed by atoms with Crippen LogP contribution in [0.4, 0.5) is 8.78 Å². The zero-order valence-corrected chi connectivity index (χ0v) is 14.1. The molecule has 0 radical (unpaired) electrons. The van der Waals surface area contributed by atoms with Gasteiger partial charge >= 0.3 is 36.1 Å². The van der Waals surface area contributed by atoms with Crippen molar-refractivity contribution < 1.29 is 51.8 Å². The third-order valence-electron chi connectivity index (χ3n) is 2.54. The van der Waals surface area contributed by atoms with Crippen LogP contribution >= 0.6 is 0 Å². The van der Waals surface area contributed by atoms with Gasteiger partial charge in [-0.3, -0.25) is 8.78 Å². The van der Waals surface area contributed by atoms with E-state index in [0.29, 0.717) is 4.57 Å². The van der Waals surface area contributed by atoms with Crippen LogP contribution in [-0.2, 0) is 11.1 Å². The fraction of sp³-hybridized carbons (Fsp3) is 0.333. The molecule has 20 heavy (non-hydrogen) atoms. The minimum Gasteiger partial charge on any atom is -0.768 e. The fourth-order valence-corrected chi connectivity index (χ4v) is 2.45. The third-order valence-corrected chi connectivity index (χ3v) is 3.21. The number of fused-ring (bicyclic) bond motifs is 1. The van der Waals surface area contributed by atoms with E-state index in [1.807, 2.05) is 0 Å². The second-order valence-corrected chi connectivity index (χ2v) is 5.14. The second kappa shape index (κ2) is 7.00. The summed E-state index contributed by atoms with van der Waals surface area (Å²) in [6.07, 6.45) is 0.736. The molecule has 104 valence electrons. The van der Waals surface area contributed by atoms with Crippen LogP contribution < -0.4 is 34.3 Å². The Morgan fingerprint density at radius 2 is 2.00 bits per heavy atom. The van der Waals surface area contributed by atoms with Crippen LogP contribution in [0.3, 0.4) is 0 Å². The van der Waals surface area contributed by atoms with Gasteiger partial charge in [-0.05, 0) is 37.1 Å². The molecule has 0 saturated heterocycles. The molecule has 0 saturated carbocycles. The predicted molar refractivity (Wildman–Crippen MR) is 66.1 cm³/mol. The SMILES string of the molecule is CC(C)Oc1cccc2c1c(S(=O)[O-])cn2C(F)F.[Na+]. The minimum atomic E-state index is -2.81. The first kappa shape index (κ1) is 17.6. The standard InChI is InChI=1S/C12H13F2NO3S.Na/c1-7(2)18-9-5-3-4-8-11(9)10(19(16)17)6-15(8)12(13)14;/h3-7,12H,1-2H3,(H,16,17);/q;+1/p-1. The number of halogens is 2. The number of ether oxygens (including phenoxy) is 1. The first-order valence-corrected chi connectivity index (χ1v) is 6.67. The Kier molecular flexibility index (Phi) is 6.15. The molecule has 1 aromatic heterocycles. The average Bonchev–Trinajstić information content (AvgIpc) is 2.68. The van der Waals surface area contributed by atoms with Crippen molar-refractivity contribution in [3.8, 4) is 5.75 Å². The number of hydrogen-bond donors (Lipinski definition) is 0. The maximum atomic E-state index is 12.9. The monoisotopic (exact) mass is 311 g/mol. The van der Waals surface area contributed by atoms with Gasteiger partial charge in [-0.2, -0.15) is 8.78 Å². The Morgan fingerprint density at radius 1 is 1.35 bits per heavy atom.